The number of hydrogen-bond donors (Lipinski definition) is 1. The van der Waals surface area contributed by atoms with E-state index in [1.165, 1.54) is 36.1 Å². The van der Waals surface area contributed by atoms with E-state index in [-0.39, 0.29) is 6.54 Å². The predicted molar refractivity (Wildman–Crippen MR) is 87.7 cm³/mol. The van der Waals surface area contributed by atoms with Crippen LogP contribution in [0.1, 0.15) is 18.2 Å². The average molecular weight is 348 g/mol. The summed E-state index contributed by atoms with van der Waals surface area (Å²) in [6.07, 6.45) is 0. The molecular weight excluding hydrogens is 332 g/mol. The molecule has 0 bridgehead atoms. The molecule has 8 nitrogen and oxygen atoms in total. The Balaban J connectivity index is 1.98. The summed E-state index contributed by atoms with van der Waals surface area (Å²) in [5.74, 6) is -0.418. The second kappa shape index (κ2) is 5.45. The van der Waals surface area contributed by atoms with Crippen LogP contribution in [-0.4, -0.2) is 26.0 Å². The lowest BCUT2D eigenvalue weighted by Crippen LogP contribution is -2.42. The van der Waals surface area contributed by atoms with E-state index in [1.807, 2.05) is 5.38 Å². The molecule has 3 amide bonds. The fourth-order valence-electron chi connectivity index (χ4n) is 2.68. The fraction of sp³-hybridized carbons (Fsp3) is 0.333. The Labute approximate surface area is 140 Å². The Bertz CT molecular complexity index is 943. The van der Waals surface area contributed by atoms with Crippen LogP contribution >= 0.6 is 11.3 Å². The van der Waals surface area contributed by atoms with Gasteiger partial charge in [-0.2, -0.15) is 11.3 Å². The lowest BCUT2D eigenvalue weighted by molar-refractivity contribution is -0.131. The van der Waals surface area contributed by atoms with Crippen molar-refractivity contribution in [2.45, 2.75) is 19.0 Å². The molecule has 24 heavy (non-hydrogen) atoms. The minimum Gasteiger partial charge on any atom is -0.319 e. The van der Waals surface area contributed by atoms with E-state index in [4.69, 9.17) is 0 Å². The van der Waals surface area contributed by atoms with E-state index in [9.17, 15) is 19.2 Å². The van der Waals surface area contributed by atoms with Gasteiger partial charge in [-0.05, 0) is 29.3 Å². The van der Waals surface area contributed by atoms with Gasteiger partial charge < -0.3 is 5.32 Å². The quantitative estimate of drug-likeness (QED) is 0.797. The molecule has 0 radical (unpaired) electrons. The first-order chi connectivity index (χ1) is 11.3. The van der Waals surface area contributed by atoms with Gasteiger partial charge in [0.05, 0.1) is 6.54 Å². The molecule has 1 fully saturated rings. The summed E-state index contributed by atoms with van der Waals surface area (Å²) in [6, 6.07) is 2.48. The third kappa shape index (κ3) is 2.28. The minimum absolute atomic E-state index is 0.147. The van der Waals surface area contributed by atoms with E-state index >= 15 is 0 Å². The number of rotatable bonds is 3. The smallest absolute Gasteiger partial charge is 0.319 e. The highest BCUT2D eigenvalue weighted by Gasteiger charge is 2.49. The first-order valence-electron chi connectivity index (χ1n) is 7.18. The van der Waals surface area contributed by atoms with Crippen molar-refractivity contribution in [2.24, 2.45) is 14.1 Å². The molecule has 0 aliphatic carbocycles. The van der Waals surface area contributed by atoms with Gasteiger partial charge in [0.2, 0.25) is 0 Å². The summed E-state index contributed by atoms with van der Waals surface area (Å²) < 4.78 is 2.22. The summed E-state index contributed by atoms with van der Waals surface area (Å²) in [4.78, 5) is 49.9. The second-order valence-electron chi connectivity index (χ2n) is 5.83. The molecule has 1 atom stereocenters. The first-order valence-corrected chi connectivity index (χ1v) is 8.12. The molecule has 3 heterocycles. The van der Waals surface area contributed by atoms with Crippen LogP contribution in [0.2, 0.25) is 0 Å². The fourth-order valence-corrected chi connectivity index (χ4v) is 3.44. The maximum absolute atomic E-state index is 12.8. The Kier molecular flexibility index (Phi) is 3.67. The molecule has 9 heteroatoms. The van der Waals surface area contributed by atoms with Crippen molar-refractivity contribution >= 4 is 23.3 Å². The van der Waals surface area contributed by atoms with Gasteiger partial charge in [0.25, 0.3) is 11.5 Å². The molecule has 1 aliphatic rings. The van der Waals surface area contributed by atoms with Gasteiger partial charge in [0.1, 0.15) is 5.54 Å². The SMILES string of the molecule is Cn1c(CN2C(=O)N[C@@](C)(c3ccsc3)C2=O)cc(=O)n(C)c1=O. The number of carbonyl (C=O) groups is 2. The van der Waals surface area contributed by atoms with Gasteiger partial charge in [0, 0.05) is 25.9 Å². The maximum Gasteiger partial charge on any atom is 0.330 e. The topological polar surface area (TPSA) is 93.4 Å². The van der Waals surface area contributed by atoms with E-state index < -0.39 is 28.7 Å². The molecule has 126 valence electrons. The highest BCUT2D eigenvalue weighted by Crippen LogP contribution is 2.30. The monoisotopic (exact) mass is 348 g/mol. The van der Waals surface area contributed by atoms with E-state index in [0.29, 0.717) is 11.3 Å². The maximum atomic E-state index is 12.8. The first kappa shape index (κ1) is 16.2. The average Bonchev–Trinajstić information content (AvgIpc) is 3.15. The number of aromatic nitrogens is 2. The third-order valence-corrected chi connectivity index (χ3v) is 5.00. The summed E-state index contributed by atoms with van der Waals surface area (Å²) >= 11 is 1.43. The minimum atomic E-state index is -1.14. The number of urea groups is 1. The molecule has 1 N–H and O–H groups in total. The molecule has 1 aliphatic heterocycles. The normalized spacial score (nSPS) is 20.5. The van der Waals surface area contributed by atoms with Gasteiger partial charge in [-0.3, -0.25) is 23.6 Å². The van der Waals surface area contributed by atoms with Gasteiger partial charge in [0.15, 0.2) is 0 Å². The standard InChI is InChI=1S/C15H16N4O4S/c1-15(9-4-5-24-8-9)12(21)19(13(22)16-15)7-10-6-11(20)18(3)14(23)17(10)2/h4-6,8H,7H2,1-3H3,(H,16,22)/t15-/m0/s1. The zero-order valence-electron chi connectivity index (χ0n) is 13.4. The Hall–Kier alpha value is -2.68. The molecule has 2 aromatic heterocycles. The molecule has 2 aromatic rings. The molecule has 0 unspecified atom stereocenters. The van der Waals surface area contributed by atoms with Crippen LogP contribution in [0.5, 0.6) is 0 Å². The van der Waals surface area contributed by atoms with Crippen molar-refractivity contribution in [1.29, 1.82) is 0 Å². The van der Waals surface area contributed by atoms with Gasteiger partial charge >= 0.3 is 11.7 Å². The van der Waals surface area contributed by atoms with Crippen LogP contribution in [0, 0.1) is 0 Å². The van der Waals surface area contributed by atoms with Gasteiger partial charge in [-0.25, -0.2) is 9.59 Å². The molecule has 0 saturated carbocycles. The highest BCUT2D eigenvalue weighted by molar-refractivity contribution is 7.08. The molecule has 0 aromatic carbocycles. The molecule has 1 saturated heterocycles. The number of thiophene rings is 1. The van der Waals surface area contributed by atoms with Crippen molar-refractivity contribution < 1.29 is 9.59 Å². The van der Waals surface area contributed by atoms with Crippen molar-refractivity contribution in [3.05, 3.63) is 55.0 Å². The lowest BCUT2D eigenvalue weighted by Gasteiger charge is -2.21. The third-order valence-electron chi connectivity index (χ3n) is 4.32. The predicted octanol–water partition coefficient (Wildman–Crippen LogP) is 0.113. The zero-order valence-corrected chi connectivity index (χ0v) is 14.2. The summed E-state index contributed by atoms with van der Waals surface area (Å²) in [7, 11) is 2.86. The number of carbonyl (C=O) groups excluding carboxylic acids is 2. The van der Waals surface area contributed by atoms with Crippen molar-refractivity contribution in [3.63, 3.8) is 0 Å². The van der Waals surface area contributed by atoms with Crippen LogP contribution in [0.4, 0.5) is 4.79 Å². The lowest BCUT2D eigenvalue weighted by atomic mass is 9.95. The number of nitrogens with zero attached hydrogens (tertiary/aromatic N) is 3. The molecule has 0 spiro atoms. The number of amides is 3. The van der Waals surface area contributed by atoms with Crippen LogP contribution in [-0.2, 0) is 31.0 Å². The van der Waals surface area contributed by atoms with Crippen LogP contribution in [0.15, 0.2) is 32.5 Å². The summed E-state index contributed by atoms with van der Waals surface area (Å²) in [5, 5.41) is 6.31. The molecular formula is C15H16N4O4S. The number of hydrogen-bond acceptors (Lipinski definition) is 5. The summed E-state index contributed by atoms with van der Waals surface area (Å²) in [6.45, 7) is 1.49. The van der Waals surface area contributed by atoms with Gasteiger partial charge in [-0.15, -0.1) is 0 Å². The van der Waals surface area contributed by atoms with Crippen molar-refractivity contribution in [2.75, 3.05) is 0 Å². The number of nitrogens with one attached hydrogen (secondary N) is 1. The Morgan fingerprint density at radius 3 is 2.50 bits per heavy atom. The van der Waals surface area contributed by atoms with Gasteiger partial charge in [-0.1, -0.05) is 0 Å². The van der Waals surface area contributed by atoms with E-state index in [2.05, 4.69) is 5.32 Å². The zero-order chi connectivity index (χ0) is 17.6. The Morgan fingerprint density at radius 1 is 1.17 bits per heavy atom. The highest BCUT2D eigenvalue weighted by atomic mass is 32.1. The molecule has 3 rings (SSSR count). The van der Waals surface area contributed by atoms with Crippen molar-refractivity contribution in [3.8, 4) is 0 Å². The van der Waals surface area contributed by atoms with E-state index in [1.54, 1.807) is 18.4 Å². The largest absolute Gasteiger partial charge is 0.330 e. The number of imide groups is 1. The second-order valence-corrected chi connectivity index (χ2v) is 6.61. The van der Waals surface area contributed by atoms with Crippen LogP contribution in [0.25, 0.3) is 0 Å². The van der Waals surface area contributed by atoms with Crippen LogP contribution in [0.3, 0.4) is 0 Å². The Morgan fingerprint density at radius 2 is 1.88 bits per heavy atom. The summed E-state index contributed by atoms with van der Waals surface area (Å²) in [5.41, 5.74) is -1.14. The van der Waals surface area contributed by atoms with Crippen molar-refractivity contribution in [1.82, 2.24) is 19.4 Å². The van der Waals surface area contributed by atoms with Crippen LogP contribution < -0.4 is 16.6 Å². The van der Waals surface area contributed by atoms with E-state index in [0.717, 1.165) is 9.47 Å².